The molecule has 0 aliphatic rings. The zero-order valence-electron chi connectivity index (χ0n) is 15.5. The fourth-order valence-electron chi connectivity index (χ4n) is 2.67. The van der Waals surface area contributed by atoms with Gasteiger partial charge in [-0.1, -0.05) is 12.1 Å². The highest BCUT2D eigenvalue weighted by Gasteiger charge is 2.17. The van der Waals surface area contributed by atoms with Crippen LogP contribution in [0.2, 0.25) is 0 Å². The molecule has 1 aromatic carbocycles. The Morgan fingerprint density at radius 3 is 2.58 bits per heavy atom. The zero-order valence-corrected chi connectivity index (χ0v) is 15.5. The first-order chi connectivity index (χ1) is 12.5. The lowest BCUT2D eigenvalue weighted by molar-refractivity contribution is 0.225. The molecule has 1 unspecified atom stereocenters. The predicted molar refractivity (Wildman–Crippen MR) is 101 cm³/mol. The molecular weight excluding hydrogens is 335 g/mol. The topological polar surface area (TPSA) is 60.8 Å². The van der Waals surface area contributed by atoms with E-state index in [1.807, 2.05) is 43.1 Å². The lowest BCUT2D eigenvalue weighted by Gasteiger charge is -2.23. The lowest BCUT2D eigenvalue weighted by atomic mass is 10.2. The number of para-hydroxylation sites is 1. The van der Waals surface area contributed by atoms with Crippen LogP contribution in [0.25, 0.3) is 0 Å². The van der Waals surface area contributed by atoms with Crippen molar-refractivity contribution in [2.24, 2.45) is 0 Å². The smallest absolute Gasteiger partial charge is 0.314 e. The van der Waals surface area contributed by atoms with Gasteiger partial charge in [0.15, 0.2) is 0 Å². The number of nitrogens with one attached hydrogen (secondary N) is 2. The first kappa shape index (κ1) is 19.8. The average molecular weight is 362 g/mol. The van der Waals surface area contributed by atoms with Crippen LogP contribution in [0.1, 0.15) is 18.2 Å². The Morgan fingerprint density at radius 1 is 1.15 bits per heavy atom. The molecule has 2 aromatic rings. The summed E-state index contributed by atoms with van der Waals surface area (Å²) in [6, 6.07) is 10.1. The molecule has 2 amide bonds. The third-order valence-electron chi connectivity index (χ3n) is 4.17. The number of nitrogens with zero attached hydrogens (tertiary/aromatic N) is 2. The summed E-state index contributed by atoms with van der Waals surface area (Å²) in [6.45, 7) is 1.60. The van der Waals surface area contributed by atoms with Crippen molar-refractivity contribution in [2.45, 2.75) is 12.5 Å². The fourth-order valence-corrected chi connectivity index (χ4v) is 2.67. The molecule has 1 heterocycles. The number of benzene rings is 1. The molecule has 26 heavy (non-hydrogen) atoms. The Hall–Kier alpha value is -2.54. The summed E-state index contributed by atoms with van der Waals surface area (Å²) >= 11 is 0. The van der Waals surface area contributed by atoms with Gasteiger partial charge >= 0.3 is 6.03 Å². The van der Waals surface area contributed by atoms with E-state index in [1.165, 1.54) is 6.07 Å². The monoisotopic (exact) mass is 362 g/mol. The SMILES string of the molecule is CN(CCCNC(=O)NCC(c1ccco1)N(C)C)c1ccccc1F. The van der Waals surface area contributed by atoms with E-state index in [0.29, 0.717) is 31.7 Å². The zero-order chi connectivity index (χ0) is 18.9. The van der Waals surface area contributed by atoms with Gasteiger partial charge in [0.05, 0.1) is 18.0 Å². The molecule has 0 radical (unpaired) electrons. The number of amides is 2. The van der Waals surface area contributed by atoms with Crippen LogP contribution in [0.5, 0.6) is 0 Å². The highest BCUT2D eigenvalue weighted by Crippen LogP contribution is 2.18. The van der Waals surface area contributed by atoms with Gasteiger partial charge in [-0.3, -0.25) is 4.90 Å². The third-order valence-corrected chi connectivity index (χ3v) is 4.17. The van der Waals surface area contributed by atoms with Crippen molar-refractivity contribution >= 4 is 11.7 Å². The molecule has 0 fully saturated rings. The van der Waals surface area contributed by atoms with E-state index in [9.17, 15) is 9.18 Å². The minimum absolute atomic E-state index is 0.0251. The van der Waals surface area contributed by atoms with Crippen molar-refractivity contribution in [3.8, 4) is 0 Å². The maximum atomic E-state index is 13.7. The van der Waals surface area contributed by atoms with Crippen LogP contribution >= 0.6 is 0 Å². The Bertz CT molecular complexity index is 676. The van der Waals surface area contributed by atoms with E-state index >= 15 is 0 Å². The number of anilines is 1. The highest BCUT2D eigenvalue weighted by molar-refractivity contribution is 5.73. The van der Waals surface area contributed by atoms with Crippen LogP contribution in [0.3, 0.4) is 0 Å². The quantitative estimate of drug-likeness (QED) is 0.674. The van der Waals surface area contributed by atoms with E-state index in [2.05, 4.69) is 10.6 Å². The van der Waals surface area contributed by atoms with Crippen molar-refractivity contribution in [2.75, 3.05) is 45.7 Å². The second kappa shape index (κ2) is 9.82. The average Bonchev–Trinajstić information content (AvgIpc) is 3.13. The largest absolute Gasteiger partial charge is 0.468 e. The molecule has 1 atom stereocenters. The van der Waals surface area contributed by atoms with Crippen LogP contribution in [0.15, 0.2) is 47.1 Å². The first-order valence-corrected chi connectivity index (χ1v) is 8.66. The Labute approximate surface area is 154 Å². The molecule has 0 spiro atoms. The minimum atomic E-state index is -0.242. The molecule has 2 N–H and O–H groups in total. The number of furan rings is 1. The van der Waals surface area contributed by atoms with Gasteiger partial charge in [0.25, 0.3) is 0 Å². The summed E-state index contributed by atoms with van der Waals surface area (Å²) in [5, 5.41) is 5.68. The predicted octanol–water partition coefficient (Wildman–Crippen LogP) is 2.85. The Morgan fingerprint density at radius 2 is 1.92 bits per heavy atom. The second-order valence-corrected chi connectivity index (χ2v) is 6.36. The summed E-state index contributed by atoms with van der Waals surface area (Å²) in [4.78, 5) is 15.8. The summed E-state index contributed by atoms with van der Waals surface area (Å²) in [5.41, 5.74) is 0.559. The molecule has 6 nitrogen and oxygen atoms in total. The molecule has 0 aliphatic heterocycles. The Kier molecular flexibility index (Phi) is 7.47. The number of halogens is 1. The molecule has 0 bridgehead atoms. The van der Waals surface area contributed by atoms with Crippen molar-refractivity contribution in [3.05, 3.63) is 54.2 Å². The molecule has 7 heteroatoms. The third kappa shape index (κ3) is 5.77. The van der Waals surface area contributed by atoms with E-state index < -0.39 is 0 Å². The summed E-state index contributed by atoms with van der Waals surface area (Å²) in [7, 11) is 5.71. The lowest BCUT2D eigenvalue weighted by Crippen LogP contribution is -2.41. The van der Waals surface area contributed by atoms with Gasteiger partial charge in [0.2, 0.25) is 0 Å². The first-order valence-electron chi connectivity index (χ1n) is 8.66. The molecule has 0 saturated carbocycles. The summed E-state index contributed by atoms with van der Waals surface area (Å²) in [6.07, 6.45) is 2.34. The molecule has 142 valence electrons. The minimum Gasteiger partial charge on any atom is -0.468 e. The van der Waals surface area contributed by atoms with Gasteiger partial charge in [-0.05, 0) is 44.8 Å². The van der Waals surface area contributed by atoms with E-state index in [-0.39, 0.29) is 17.9 Å². The number of hydrogen-bond donors (Lipinski definition) is 2. The fraction of sp³-hybridized carbons (Fsp3) is 0.421. The molecule has 1 aromatic heterocycles. The van der Waals surface area contributed by atoms with E-state index in [4.69, 9.17) is 4.42 Å². The van der Waals surface area contributed by atoms with Crippen LogP contribution in [-0.4, -0.2) is 51.7 Å². The van der Waals surface area contributed by atoms with Crippen LogP contribution in [-0.2, 0) is 0 Å². The number of urea groups is 1. The van der Waals surface area contributed by atoms with Crippen LogP contribution in [0, 0.1) is 5.82 Å². The van der Waals surface area contributed by atoms with E-state index in [0.717, 1.165) is 5.76 Å². The van der Waals surface area contributed by atoms with Crippen molar-refractivity contribution in [3.63, 3.8) is 0 Å². The summed E-state index contributed by atoms with van der Waals surface area (Å²) in [5.74, 6) is 0.565. The summed E-state index contributed by atoms with van der Waals surface area (Å²) < 4.78 is 19.1. The van der Waals surface area contributed by atoms with Gasteiger partial charge in [0.1, 0.15) is 11.6 Å². The second-order valence-electron chi connectivity index (χ2n) is 6.36. The molecular formula is C19H27FN4O2. The van der Waals surface area contributed by atoms with Gasteiger partial charge < -0.3 is 20.0 Å². The molecule has 0 aliphatic carbocycles. The molecule has 2 rings (SSSR count). The highest BCUT2D eigenvalue weighted by atomic mass is 19.1. The Balaban J connectivity index is 1.68. The van der Waals surface area contributed by atoms with Gasteiger partial charge in [0, 0.05) is 26.7 Å². The van der Waals surface area contributed by atoms with Crippen LogP contribution in [0.4, 0.5) is 14.9 Å². The van der Waals surface area contributed by atoms with Gasteiger partial charge in [-0.15, -0.1) is 0 Å². The van der Waals surface area contributed by atoms with Crippen molar-refractivity contribution in [1.29, 1.82) is 0 Å². The maximum absolute atomic E-state index is 13.7. The number of rotatable bonds is 9. The number of likely N-dealkylation sites (N-methyl/N-ethyl adjacent to an activating group) is 1. The van der Waals surface area contributed by atoms with Crippen LogP contribution < -0.4 is 15.5 Å². The normalized spacial score (nSPS) is 12.0. The van der Waals surface area contributed by atoms with Crippen molar-refractivity contribution < 1.29 is 13.6 Å². The number of carbonyl (C=O) groups excluding carboxylic acids is 1. The molecule has 0 saturated heterocycles. The number of hydrogen-bond acceptors (Lipinski definition) is 4. The van der Waals surface area contributed by atoms with Gasteiger partial charge in [-0.2, -0.15) is 0 Å². The maximum Gasteiger partial charge on any atom is 0.314 e. The van der Waals surface area contributed by atoms with Crippen molar-refractivity contribution in [1.82, 2.24) is 15.5 Å². The van der Waals surface area contributed by atoms with E-state index in [1.54, 1.807) is 24.5 Å². The standard InChI is InChI=1S/C19H27FN4O2/c1-23(2)17(18-10-6-13-26-18)14-22-19(25)21-11-7-12-24(3)16-9-5-4-8-15(16)20/h4-6,8-10,13,17H,7,11-12,14H2,1-3H3,(H2,21,22,25). The van der Waals surface area contributed by atoms with Gasteiger partial charge in [-0.25, -0.2) is 9.18 Å². The number of carbonyl (C=O) groups is 1.